The Labute approximate surface area is 165 Å². The molecule has 2 aromatic rings. The zero-order valence-electron chi connectivity index (χ0n) is 15.5. The number of carbonyl (C=O) groups is 3. The minimum atomic E-state index is -4.54. The van der Waals surface area contributed by atoms with Crippen molar-refractivity contribution in [3.63, 3.8) is 0 Å². The van der Waals surface area contributed by atoms with Gasteiger partial charge in [0.05, 0.1) is 18.0 Å². The summed E-state index contributed by atoms with van der Waals surface area (Å²) in [5.41, 5.74) is -0.289. The zero-order valence-corrected chi connectivity index (χ0v) is 15.5. The molecule has 2 aromatic carbocycles. The summed E-state index contributed by atoms with van der Waals surface area (Å²) in [6.45, 7) is 0.639. The molecule has 0 bridgehead atoms. The molecule has 154 valence electrons. The van der Waals surface area contributed by atoms with E-state index < -0.39 is 36.3 Å². The summed E-state index contributed by atoms with van der Waals surface area (Å²) in [5.74, 6) is -1.87. The number of alkyl halides is 3. The molecule has 0 aliphatic rings. The van der Waals surface area contributed by atoms with Crippen LogP contribution in [-0.2, 0) is 25.3 Å². The number of halogens is 3. The number of anilines is 1. The molecule has 29 heavy (non-hydrogen) atoms. The minimum absolute atomic E-state index is 0.0683. The third kappa shape index (κ3) is 7.28. The van der Waals surface area contributed by atoms with Crippen molar-refractivity contribution >= 4 is 23.5 Å². The van der Waals surface area contributed by atoms with Crippen LogP contribution in [0, 0.1) is 0 Å². The average molecular weight is 408 g/mol. The summed E-state index contributed by atoms with van der Waals surface area (Å²) in [6, 6.07) is 12.2. The molecule has 2 amide bonds. The summed E-state index contributed by atoms with van der Waals surface area (Å²) >= 11 is 0. The first-order chi connectivity index (χ1) is 13.6. The zero-order chi connectivity index (χ0) is 21.4. The maximum atomic E-state index is 12.7. The molecule has 0 radical (unpaired) electrons. The summed E-state index contributed by atoms with van der Waals surface area (Å²) in [6.07, 6.45) is -4.75. The quantitative estimate of drug-likeness (QED) is 0.688. The van der Waals surface area contributed by atoms with E-state index in [-0.39, 0.29) is 18.0 Å². The monoisotopic (exact) mass is 408 g/mol. The Hall–Kier alpha value is -3.36. The van der Waals surface area contributed by atoms with Crippen molar-refractivity contribution < 1.29 is 32.3 Å². The van der Waals surface area contributed by atoms with Crippen molar-refractivity contribution in [3.05, 3.63) is 65.7 Å². The highest BCUT2D eigenvalue weighted by atomic mass is 19.4. The Bertz CT molecular complexity index is 870. The summed E-state index contributed by atoms with van der Waals surface area (Å²) in [4.78, 5) is 35.3. The second-order valence-corrected chi connectivity index (χ2v) is 6.16. The van der Waals surface area contributed by atoms with E-state index in [0.29, 0.717) is 5.56 Å². The maximum Gasteiger partial charge on any atom is 0.416 e. The number of hydrogen-bond donors (Lipinski definition) is 2. The molecule has 0 heterocycles. The molecule has 0 aliphatic heterocycles. The first-order valence-electron chi connectivity index (χ1n) is 8.60. The highest BCUT2D eigenvalue weighted by Gasteiger charge is 2.30. The molecule has 0 aromatic heterocycles. The summed E-state index contributed by atoms with van der Waals surface area (Å²) in [7, 11) is 0. The third-order valence-corrected chi connectivity index (χ3v) is 3.79. The molecule has 6 nitrogen and oxygen atoms in total. The Kier molecular flexibility index (Phi) is 7.35. The van der Waals surface area contributed by atoms with Gasteiger partial charge in [-0.3, -0.25) is 14.4 Å². The molecule has 2 N–H and O–H groups in total. The normalized spacial score (nSPS) is 12.0. The van der Waals surface area contributed by atoms with E-state index in [9.17, 15) is 27.6 Å². The number of esters is 1. The molecule has 9 heteroatoms. The van der Waals surface area contributed by atoms with Crippen LogP contribution < -0.4 is 10.6 Å². The van der Waals surface area contributed by atoms with Gasteiger partial charge in [0.15, 0.2) is 6.61 Å². The summed E-state index contributed by atoms with van der Waals surface area (Å²) in [5, 5.41) is 4.87. The summed E-state index contributed by atoms with van der Waals surface area (Å²) < 4.78 is 43.0. The molecule has 0 fully saturated rings. The number of rotatable bonds is 7. The third-order valence-electron chi connectivity index (χ3n) is 3.79. The van der Waals surface area contributed by atoms with Crippen LogP contribution in [0.5, 0.6) is 0 Å². The Morgan fingerprint density at radius 1 is 1.03 bits per heavy atom. The number of hydrogen-bond acceptors (Lipinski definition) is 4. The van der Waals surface area contributed by atoms with Gasteiger partial charge in [-0.2, -0.15) is 13.2 Å². The number of ether oxygens (including phenoxy) is 1. The number of benzene rings is 2. The molecule has 1 atom stereocenters. The van der Waals surface area contributed by atoms with Crippen LogP contribution in [0.15, 0.2) is 54.6 Å². The molecule has 0 aliphatic carbocycles. The van der Waals surface area contributed by atoms with Crippen molar-refractivity contribution in [2.75, 3.05) is 11.9 Å². The average Bonchev–Trinajstić information content (AvgIpc) is 2.66. The maximum absolute atomic E-state index is 12.7. The standard InChI is InChI=1S/C20H19F3N2O4/c1-13(26)24-17(14-6-3-2-4-7-14)11-19(28)29-12-18(27)25-16-9-5-8-15(10-16)20(21,22)23/h2-10,17H,11-12H2,1H3,(H,24,26)(H,25,27)/t17-/m0/s1. The van der Waals surface area contributed by atoms with E-state index in [1.54, 1.807) is 30.3 Å². The predicted octanol–water partition coefficient (Wildman–Crippen LogP) is 3.45. The van der Waals surface area contributed by atoms with Gasteiger partial charge in [-0.15, -0.1) is 0 Å². The fourth-order valence-electron chi connectivity index (χ4n) is 2.52. The van der Waals surface area contributed by atoms with Gasteiger partial charge in [0, 0.05) is 12.6 Å². The van der Waals surface area contributed by atoms with Crippen LogP contribution in [0.3, 0.4) is 0 Å². The second kappa shape index (κ2) is 9.72. The van der Waals surface area contributed by atoms with Gasteiger partial charge in [-0.1, -0.05) is 36.4 Å². The Balaban J connectivity index is 1.90. The fourth-order valence-corrected chi connectivity index (χ4v) is 2.52. The molecule has 0 unspecified atom stereocenters. The highest BCUT2D eigenvalue weighted by Crippen LogP contribution is 2.30. The smallest absolute Gasteiger partial charge is 0.416 e. The molecular weight excluding hydrogens is 389 g/mol. The Morgan fingerprint density at radius 3 is 2.34 bits per heavy atom. The van der Waals surface area contributed by atoms with Crippen molar-refractivity contribution in [2.45, 2.75) is 25.6 Å². The van der Waals surface area contributed by atoms with E-state index in [4.69, 9.17) is 4.74 Å². The van der Waals surface area contributed by atoms with E-state index in [1.165, 1.54) is 13.0 Å². The lowest BCUT2D eigenvalue weighted by atomic mass is 10.0. The van der Waals surface area contributed by atoms with Crippen LogP contribution >= 0.6 is 0 Å². The second-order valence-electron chi connectivity index (χ2n) is 6.16. The van der Waals surface area contributed by atoms with Gasteiger partial charge >= 0.3 is 12.1 Å². The molecule has 0 saturated carbocycles. The lowest BCUT2D eigenvalue weighted by Crippen LogP contribution is -2.29. The van der Waals surface area contributed by atoms with Crippen molar-refractivity contribution in [1.29, 1.82) is 0 Å². The first-order valence-corrected chi connectivity index (χ1v) is 8.60. The number of nitrogens with one attached hydrogen (secondary N) is 2. The molecular formula is C20H19F3N2O4. The van der Waals surface area contributed by atoms with Crippen LogP contribution in [0.25, 0.3) is 0 Å². The fraction of sp³-hybridized carbons (Fsp3) is 0.250. The largest absolute Gasteiger partial charge is 0.455 e. The van der Waals surface area contributed by atoms with Crippen LogP contribution in [0.2, 0.25) is 0 Å². The molecule has 2 rings (SSSR count). The molecule has 0 saturated heterocycles. The van der Waals surface area contributed by atoms with Gasteiger partial charge < -0.3 is 15.4 Å². The van der Waals surface area contributed by atoms with E-state index in [0.717, 1.165) is 18.2 Å². The van der Waals surface area contributed by atoms with Gasteiger partial charge in [-0.05, 0) is 23.8 Å². The SMILES string of the molecule is CC(=O)N[C@@H](CC(=O)OCC(=O)Nc1cccc(C(F)(F)F)c1)c1ccccc1. The van der Waals surface area contributed by atoms with Crippen LogP contribution in [0.1, 0.15) is 30.5 Å². The lowest BCUT2D eigenvalue weighted by molar-refractivity contribution is -0.148. The van der Waals surface area contributed by atoms with Gasteiger partial charge in [0.2, 0.25) is 5.91 Å². The number of carbonyl (C=O) groups excluding carboxylic acids is 3. The van der Waals surface area contributed by atoms with Gasteiger partial charge in [-0.25, -0.2) is 0 Å². The minimum Gasteiger partial charge on any atom is -0.455 e. The first kappa shape index (κ1) is 21.9. The Morgan fingerprint density at radius 2 is 1.72 bits per heavy atom. The van der Waals surface area contributed by atoms with Crippen molar-refractivity contribution in [3.8, 4) is 0 Å². The van der Waals surface area contributed by atoms with Gasteiger partial charge in [0.1, 0.15) is 0 Å². The topological polar surface area (TPSA) is 84.5 Å². The van der Waals surface area contributed by atoms with Gasteiger partial charge in [0.25, 0.3) is 5.91 Å². The van der Waals surface area contributed by atoms with Crippen molar-refractivity contribution in [2.24, 2.45) is 0 Å². The van der Waals surface area contributed by atoms with Crippen LogP contribution in [-0.4, -0.2) is 24.4 Å². The lowest BCUT2D eigenvalue weighted by Gasteiger charge is -2.17. The highest BCUT2D eigenvalue weighted by molar-refractivity contribution is 5.92. The molecule has 0 spiro atoms. The number of amides is 2. The van der Waals surface area contributed by atoms with Crippen molar-refractivity contribution in [1.82, 2.24) is 5.32 Å². The van der Waals surface area contributed by atoms with E-state index in [2.05, 4.69) is 10.6 Å². The van der Waals surface area contributed by atoms with E-state index >= 15 is 0 Å². The predicted molar refractivity (Wildman–Crippen MR) is 98.6 cm³/mol. The van der Waals surface area contributed by atoms with E-state index in [1.807, 2.05) is 0 Å². The van der Waals surface area contributed by atoms with Crippen LogP contribution in [0.4, 0.5) is 18.9 Å².